The fourth-order valence-electron chi connectivity index (χ4n) is 5.37. The van der Waals surface area contributed by atoms with Gasteiger partial charge >= 0.3 is 18.2 Å². The third-order valence-corrected chi connectivity index (χ3v) is 8.32. The Morgan fingerprint density at radius 2 is 1.74 bits per heavy atom. The average Bonchev–Trinajstić information content (AvgIpc) is 3.50. The molecule has 5 atom stereocenters. The van der Waals surface area contributed by atoms with E-state index in [0.29, 0.717) is 39.0 Å². The minimum Gasteiger partial charge on any atom is -0.457 e. The van der Waals surface area contributed by atoms with E-state index in [-0.39, 0.29) is 30.3 Å². The second-order valence-electron chi connectivity index (χ2n) is 12.4. The fourth-order valence-corrected chi connectivity index (χ4v) is 5.37. The van der Waals surface area contributed by atoms with Crippen LogP contribution in [0.2, 0.25) is 0 Å². The van der Waals surface area contributed by atoms with Gasteiger partial charge in [0, 0.05) is 57.5 Å². The predicted molar refractivity (Wildman–Crippen MR) is 161 cm³/mol. The van der Waals surface area contributed by atoms with Gasteiger partial charge in [0.25, 0.3) is 0 Å². The van der Waals surface area contributed by atoms with Crippen molar-refractivity contribution in [3.05, 3.63) is 36.0 Å². The molecule has 3 aliphatic heterocycles. The molecule has 2 fully saturated rings. The minimum atomic E-state index is -1.28. The summed E-state index contributed by atoms with van der Waals surface area (Å²) in [5.74, 6) is -0.496. The Kier molecular flexibility index (Phi) is 12.9. The number of piperazine rings is 1. The van der Waals surface area contributed by atoms with Crippen LogP contribution in [0.3, 0.4) is 0 Å². The molecule has 42 heavy (non-hydrogen) atoms. The molecule has 0 aromatic carbocycles. The van der Waals surface area contributed by atoms with Gasteiger partial charge in [0.2, 0.25) is 0 Å². The van der Waals surface area contributed by atoms with E-state index in [4.69, 9.17) is 14.2 Å². The molecule has 10 nitrogen and oxygen atoms in total. The maximum absolute atomic E-state index is 13.0. The van der Waals surface area contributed by atoms with Gasteiger partial charge in [0.05, 0.1) is 6.61 Å². The third-order valence-electron chi connectivity index (χ3n) is 8.32. The lowest BCUT2D eigenvalue weighted by molar-refractivity contribution is -0.149. The highest BCUT2D eigenvalue weighted by Gasteiger charge is 2.35. The Labute approximate surface area is 251 Å². The van der Waals surface area contributed by atoms with E-state index in [0.717, 1.165) is 44.6 Å². The zero-order valence-electron chi connectivity index (χ0n) is 26.1. The van der Waals surface area contributed by atoms with E-state index in [1.165, 1.54) is 0 Å². The van der Waals surface area contributed by atoms with Gasteiger partial charge in [0.1, 0.15) is 11.7 Å². The lowest BCUT2D eigenvalue weighted by Gasteiger charge is -2.36. The molecule has 2 amide bonds. The van der Waals surface area contributed by atoms with Crippen LogP contribution < -0.4 is 0 Å². The molecular weight excluding hydrogens is 538 g/mol. The van der Waals surface area contributed by atoms with Crippen LogP contribution in [0.5, 0.6) is 0 Å². The van der Waals surface area contributed by atoms with Crippen LogP contribution in [-0.2, 0) is 19.0 Å². The van der Waals surface area contributed by atoms with E-state index in [9.17, 15) is 19.5 Å². The van der Waals surface area contributed by atoms with Crippen molar-refractivity contribution in [1.82, 2.24) is 14.7 Å². The van der Waals surface area contributed by atoms with Crippen molar-refractivity contribution < 1.29 is 33.7 Å². The Morgan fingerprint density at radius 1 is 1.07 bits per heavy atom. The SMILES string of the molecule is C/C(=C\C=C\[C@@H](C)COC(=O)N1CCCC1)[C@H]1OC(=O)CCCC[C@](C)(O)[C@@H](OC(=O)N2CCN(C)CC2)/C=C\[C@@H]1C. The highest BCUT2D eigenvalue weighted by molar-refractivity contribution is 5.70. The predicted octanol–water partition coefficient (Wildman–Crippen LogP) is 4.54. The van der Waals surface area contributed by atoms with Crippen LogP contribution >= 0.6 is 0 Å². The first kappa shape index (κ1) is 33.6. The van der Waals surface area contributed by atoms with Gasteiger partial charge in [-0.25, -0.2) is 9.59 Å². The van der Waals surface area contributed by atoms with Gasteiger partial charge in [-0.2, -0.15) is 0 Å². The second-order valence-corrected chi connectivity index (χ2v) is 12.4. The van der Waals surface area contributed by atoms with Crippen LogP contribution in [0, 0.1) is 11.8 Å². The smallest absolute Gasteiger partial charge is 0.410 e. The van der Waals surface area contributed by atoms with E-state index in [1.54, 1.807) is 22.8 Å². The topological polar surface area (TPSA) is 109 Å². The molecule has 0 aliphatic carbocycles. The molecule has 0 bridgehead atoms. The van der Waals surface area contributed by atoms with Crippen molar-refractivity contribution >= 4 is 18.2 Å². The Morgan fingerprint density at radius 3 is 2.43 bits per heavy atom. The first-order chi connectivity index (χ1) is 20.0. The maximum Gasteiger partial charge on any atom is 0.410 e. The fraction of sp³-hybridized carbons (Fsp3) is 0.719. The first-order valence-electron chi connectivity index (χ1n) is 15.5. The summed E-state index contributed by atoms with van der Waals surface area (Å²) in [4.78, 5) is 43.4. The normalized spacial score (nSPS) is 30.3. The number of hydrogen-bond acceptors (Lipinski definition) is 8. The van der Waals surface area contributed by atoms with Gasteiger partial charge in [0.15, 0.2) is 6.10 Å². The maximum atomic E-state index is 13.0. The van der Waals surface area contributed by atoms with Crippen LogP contribution in [0.25, 0.3) is 0 Å². The molecule has 2 saturated heterocycles. The lowest BCUT2D eigenvalue weighted by atomic mass is 9.89. The molecule has 0 aromatic rings. The van der Waals surface area contributed by atoms with E-state index in [1.807, 2.05) is 52.1 Å². The third kappa shape index (κ3) is 10.5. The summed E-state index contributed by atoms with van der Waals surface area (Å²) in [6.45, 7) is 12.1. The van der Waals surface area contributed by atoms with E-state index in [2.05, 4.69) is 4.90 Å². The molecule has 3 heterocycles. The molecule has 0 aromatic heterocycles. The number of carbonyl (C=O) groups is 3. The summed E-state index contributed by atoms with van der Waals surface area (Å²) in [6.07, 6.45) is 11.2. The molecule has 1 N–H and O–H groups in total. The summed E-state index contributed by atoms with van der Waals surface area (Å²) >= 11 is 0. The number of ether oxygens (including phenoxy) is 3. The van der Waals surface area contributed by atoms with Gasteiger partial charge in [-0.05, 0) is 64.6 Å². The Hall–Kier alpha value is -2.85. The van der Waals surface area contributed by atoms with Crippen molar-refractivity contribution in [2.24, 2.45) is 11.8 Å². The summed E-state index contributed by atoms with van der Waals surface area (Å²) in [5.41, 5.74) is -0.424. The monoisotopic (exact) mass is 589 g/mol. The molecule has 0 spiro atoms. The largest absolute Gasteiger partial charge is 0.457 e. The zero-order chi connectivity index (χ0) is 30.7. The quantitative estimate of drug-likeness (QED) is 0.208. The van der Waals surface area contributed by atoms with Crippen molar-refractivity contribution in [2.75, 3.05) is 52.9 Å². The standard InChI is InChI=1S/C32H51N3O7/c1-24(23-40-30(37)34-17-8-9-18-34)11-10-12-25(2)29-26(3)14-15-27(32(4,39)16-7-6-13-28(36)42-29)41-31(38)35-21-19-33(5)20-22-35/h10-12,14-15,24,26-27,29,39H,6-9,13,16-23H2,1-5H3/b11-10+,15-14-,25-12+/t24-,26+,27+,29-,32+/m1/s1. The minimum absolute atomic E-state index is 0.0229. The van der Waals surface area contributed by atoms with Crippen molar-refractivity contribution in [1.29, 1.82) is 0 Å². The number of cyclic esters (lactones) is 1. The van der Waals surface area contributed by atoms with Gasteiger partial charge in [-0.15, -0.1) is 0 Å². The number of aliphatic hydroxyl groups is 1. The summed E-state index contributed by atoms with van der Waals surface area (Å²) in [6, 6.07) is 0. The second kappa shape index (κ2) is 16.1. The molecular formula is C32H51N3O7. The first-order valence-corrected chi connectivity index (χ1v) is 15.5. The Balaban J connectivity index is 1.67. The number of rotatable bonds is 6. The zero-order valence-corrected chi connectivity index (χ0v) is 26.1. The lowest BCUT2D eigenvalue weighted by Crippen LogP contribution is -2.50. The molecule has 3 aliphatic rings. The number of amides is 2. The van der Waals surface area contributed by atoms with Gasteiger partial charge in [-0.1, -0.05) is 38.2 Å². The van der Waals surface area contributed by atoms with E-state index < -0.39 is 23.9 Å². The van der Waals surface area contributed by atoms with Gasteiger partial charge < -0.3 is 34.0 Å². The highest BCUT2D eigenvalue weighted by Crippen LogP contribution is 2.27. The number of esters is 1. The molecule has 10 heteroatoms. The molecule has 0 saturated carbocycles. The number of nitrogens with zero attached hydrogens (tertiary/aromatic N) is 3. The van der Waals surface area contributed by atoms with Crippen molar-refractivity contribution in [3.63, 3.8) is 0 Å². The number of allylic oxidation sites excluding steroid dienone is 2. The number of likely N-dealkylation sites (N-methyl/N-ethyl adjacent to an activating group) is 1. The number of carbonyl (C=O) groups excluding carboxylic acids is 3. The molecule has 0 unspecified atom stereocenters. The van der Waals surface area contributed by atoms with Crippen LogP contribution in [0.15, 0.2) is 36.0 Å². The van der Waals surface area contributed by atoms with Crippen LogP contribution in [-0.4, -0.2) is 109 Å². The van der Waals surface area contributed by atoms with Gasteiger partial charge in [-0.3, -0.25) is 4.79 Å². The highest BCUT2D eigenvalue weighted by atomic mass is 16.6. The molecule has 236 valence electrons. The van der Waals surface area contributed by atoms with Crippen LogP contribution in [0.4, 0.5) is 9.59 Å². The summed E-state index contributed by atoms with van der Waals surface area (Å²) in [5, 5.41) is 11.3. The van der Waals surface area contributed by atoms with Crippen LogP contribution in [0.1, 0.15) is 66.2 Å². The number of hydrogen-bond donors (Lipinski definition) is 1. The average molecular weight is 590 g/mol. The van der Waals surface area contributed by atoms with E-state index >= 15 is 0 Å². The Bertz CT molecular complexity index is 994. The number of likely N-dealkylation sites (tertiary alicyclic amines) is 1. The van der Waals surface area contributed by atoms with Crippen molar-refractivity contribution in [3.8, 4) is 0 Å². The summed E-state index contributed by atoms with van der Waals surface area (Å²) < 4.78 is 17.2. The molecule has 3 rings (SSSR count). The summed E-state index contributed by atoms with van der Waals surface area (Å²) in [7, 11) is 2.02. The molecule has 0 radical (unpaired) electrons. The van der Waals surface area contributed by atoms with Crippen molar-refractivity contribution in [2.45, 2.75) is 84.0 Å².